The molecule has 1 aromatic heterocycles. The van der Waals surface area contributed by atoms with Crippen molar-refractivity contribution in [1.82, 2.24) is 15.2 Å². The van der Waals surface area contributed by atoms with Crippen molar-refractivity contribution in [1.29, 1.82) is 0 Å². The maximum Gasteiger partial charge on any atom is 0.224 e. The molecule has 0 radical (unpaired) electrons. The minimum atomic E-state index is -0.148. The molecule has 7 nitrogen and oxygen atoms in total. The van der Waals surface area contributed by atoms with E-state index in [-0.39, 0.29) is 24.7 Å². The first-order valence-corrected chi connectivity index (χ1v) is 13.1. The fourth-order valence-electron chi connectivity index (χ4n) is 4.94. The quantitative estimate of drug-likeness (QED) is 0.523. The summed E-state index contributed by atoms with van der Waals surface area (Å²) in [6.07, 6.45) is 8.43. The van der Waals surface area contributed by atoms with Crippen LogP contribution in [0.15, 0.2) is 35.9 Å². The van der Waals surface area contributed by atoms with Gasteiger partial charge in [0.05, 0.1) is 5.52 Å². The van der Waals surface area contributed by atoms with Crippen LogP contribution in [0.2, 0.25) is 0 Å². The summed E-state index contributed by atoms with van der Waals surface area (Å²) < 4.78 is 0. The molecule has 0 spiro atoms. The van der Waals surface area contributed by atoms with Crippen LogP contribution >= 0.6 is 0 Å². The van der Waals surface area contributed by atoms with Gasteiger partial charge in [0.2, 0.25) is 11.8 Å². The Labute approximate surface area is 209 Å². The van der Waals surface area contributed by atoms with Crippen LogP contribution in [-0.2, 0) is 9.59 Å². The normalized spacial score (nSPS) is 16.7. The lowest BCUT2D eigenvalue weighted by Gasteiger charge is -2.35. The smallest absolute Gasteiger partial charge is 0.224 e. The number of carbonyl (C=O) groups is 2. The van der Waals surface area contributed by atoms with Crippen LogP contribution in [0.1, 0.15) is 57.4 Å². The third-order valence-electron chi connectivity index (χ3n) is 7.16. The van der Waals surface area contributed by atoms with Crippen LogP contribution in [0, 0.1) is 6.92 Å². The van der Waals surface area contributed by atoms with Gasteiger partial charge in [-0.1, -0.05) is 18.6 Å². The Balaban J connectivity index is 1.27. The highest BCUT2D eigenvalue weighted by Gasteiger charge is 2.18. The Kier molecular flexibility index (Phi) is 8.74. The van der Waals surface area contributed by atoms with E-state index in [4.69, 9.17) is 4.98 Å². The van der Waals surface area contributed by atoms with Crippen molar-refractivity contribution in [2.24, 2.45) is 0 Å². The topological polar surface area (TPSA) is 77.6 Å². The van der Waals surface area contributed by atoms with Gasteiger partial charge in [-0.2, -0.15) is 0 Å². The molecule has 2 amide bonds. The number of anilines is 2. The molecule has 1 fully saturated rings. The third kappa shape index (κ3) is 7.04. The Bertz CT molecular complexity index is 1070. The lowest BCUT2D eigenvalue weighted by atomic mass is 9.97. The van der Waals surface area contributed by atoms with E-state index in [1.807, 2.05) is 18.2 Å². The molecule has 0 atom stereocenters. The molecule has 0 unspecified atom stereocenters. The van der Waals surface area contributed by atoms with Gasteiger partial charge in [0.1, 0.15) is 5.82 Å². The Morgan fingerprint density at radius 1 is 1.03 bits per heavy atom. The highest BCUT2D eigenvalue weighted by Crippen LogP contribution is 2.26. The van der Waals surface area contributed by atoms with E-state index >= 15 is 0 Å². The van der Waals surface area contributed by atoms with E-state index in [9.17, 15) is 9.59 Å². The van der Waals surface area contributed by atoms with Crippen LogP contribution in [0.3, 0.4) is 0 Å². The van der Waals surface area contributed by atoms with Crippen LogP contribution in [-0.4, -0.2) is 61.0 Å². The first-order chi connectivity index (χ1) is 17.0. The van der Waals surface area contributed by atoms with Crippen molar-refractivity contribution in [3.05, 3.63) is 41.5 Å². The van der Waals surface area contributed by atoms with Crippen molar-refractivity contribution in [3.8, 4) is 0 Å². The lowest BCUT2D eigenvalue weighted by molar-refractivity contribution is -0.124. The van der Waals surface area contributed by atoms with Gasteiger partial charge in [0.15, 0.2) is 0 Å². The zero-order valence-corrected chi connectivity index (χ0v) is 21.2. The number of pyridine rings is 1. The van der Waals surface area contributed by atoms with Crippen molar-refractivity contribution in [2.75, 3.05) is 49.5 Å². The van der Waals surface area contributed by atoms with Gasteiger partial charge in [-0.05, 0) is 75.4 Å². The summed E-state index contributed by atoms with van der Waals surface area (Å²) in [5, 5.41) is 6.92. The van der Waals surface area contributed by atoms with E-state index < -0.39 is 0 Å². The van der Waals surface area contributed by atoms with E-state index in [2.05, 4.69) is 46.4 Å². The number of hydrogen-bond acceptors (Lipinski definition) is 5. The van der Waals surface area contributed by atoms with E-state index in [0.717, 1.165) is 80.0 Å². The van der Waals surface area contributed by atoms with Crippen molar-refractivity contribution in [2.45, 2.75) is 58.8 Å². The van der Waals surface area contributed by atoms with Gasteiger partial charge in [0, 0.05) is 56.6 Å². The monoisotopic (exact) mass is 477 g/mol. The Morgan fingerprint density at radius 2 is 1.83 bits per heavy atom. The molecule has 1 aliphatic heterocycles. The molecule has 1 aromatic carbocycles. The molecule has 0 bridgehead atoms. The summed E-state index contributed by atoms with van der Waals surface area (Å²) in [5.41, 5.74) is 4.26. The molecule has 7 heteroatoms. The number of nitrogens with one attached hydrogen (secondary N) is 2. The second-order valence-corrected chi connectivity index (χ2v) is 9.71. The maximum absolute atomic E-state index is 12.4. The van der Waals surface area contributed by atoms with Crippen LogP contribution < -0.4 is 15.5 Å². The zero-order valence-electron chi connectivity index (χ0n) is 21.2. The number of carbonyl (C=O) groups excluding carboxylic acids is 2. The number of aromatic nitrogens is 1. The number of aryl methyl sites for hydroxylation is 1. The number of likely N-dealkylation sites (N-methyl/N-ethyl adjacent to an activating group) is 1. The number of hydrogen-bond donors (Lipinski definition) is 2. The molecule has 0 saturated carbocycles. The van der Waals surface area contributed by atoms with Crippen LogP contribution in [0.4, 0.5) is 11.5 Å². The highest BCUT2D eigenvalue weighted by atomic mass is 16.2. The average molecular weight is 478 g/mol. The average Bonchev–Trinajstić information content (AvgIpc) is 2.88. The molecule has 1 aliphatic carbocycles. The lowest BCUT2D eigenvalue weighted by Crippen LogP contribution is -2.46. The number of allylic oxidation sites excluding steroid dienone is 1. The molecule has 35 heavy (non-hydrogen) atoms. The highest BCUT2D eigenvalue weighted by molar-refractivity contribution is 5.96. The van der Waals surface area contributed by atoms with Crippen LogP contribution in [0.5, 0.6) is 0 Å². The molecule has 2 aliphatic rings. The summed E-state index contributed by atoms with van der Waals surface area (Å²) in [4.78, 5) is 34.3. The first kappa shape index (κ1) is 25.2. The number of piperazine rings is 1. The standard InChI is InChI=1S/C28H39N5O2/c1-3-32-15-17-33(18-16-32)26-19-21(2)24-20-23(9-10-25(24)31-26)30-28(35)12-11-27(34)29-14-13-22-7-5-4-6-8-22/h7,9-10,19-20H,3-6,8,11-18H2,1-2H3,(H,29,34)(H,30,35). The second-order valence-electron chi connectivity index (χ2n) is 9.71. The molecular weight excluding hydrogens is 438 g/mol. The number of nitrogens with zero attached hydrogens (tertiary/aromatic N) is 3. The van der Waals surface area contributed by atoms with Gasteiger partial charge in [0.25, 0.3) is 0 Å². The van der Waals surface area contributed by atoms with Gasteiger partial charge in [-0.25, -0.2) is 4.98 Å². The van der Waals surface area contributed by atoms with E-state index in [1.54, 1.807) is 0 Å². The van der Waals surface area contributed by atoms with Crippen molar-refractivity contribution >= 4 is 34.2 Å². The predicted molar refractivity (Wildman–Crippen MR) is 143 cm³/mol. The zero-order chi connectivity index (χ0) is 24.6. The van der Waals surface area contributed by atoms with Gasteiger partial charge in [-0.3, -0.25) is 9.59 Å². The van der Waals surface area contributed by atoms with Crippen LogP contribution in [0.25, 0.3) is 10.9 Å². The van der Waals surface area contributed by atoms with Gasteiger partial charge in [-0.15, -0.1) is 0 Å². The molecule has 2 heterocycles. The van der Waals surface area contributed by atoms with E-state index in [1.165, 1.54) is 18.4 Å². The first-order valence-electron chi connectivity index (χ1n) is 13.1. The fraction of sp³-hybridized carbons (Fsp3) is 0.536. The third-order valence-corrected chi connectivity index (χ3v) is 7.16. The summed E-state index contributed by atoms with van der Waals surface area (Å²) in [5.74, 6) is 0.807. The number of fused-ring (bicyclic) bond motifs is 1. The van der Waals surface area contributed by atoms with Crippen molar-refractivity contribution < 1.29 is 9.59 Å². The fourth-order valence-corrected chi connectivity index (χ4v) is 4.94. The number of amides is 2. The summed E-state index contributed by atoms with van der Waals surface area (Å²) in [7, 11) is 0. The number of benzene rings is 1. The summed E-state index contributed by atoms with van der Waals surface area (Å²) >= 11 is 0. The predicted octanol–water partition coefficient (Wildman–Crippen LogP) is 4.41. The maximum atomic E-state index is 12.4. The molecule has 2 aromatic rings. The summed E-state index contributed by atoms with van der Waals surface area (Å²) in [6.45, 7) is 10.2. The molecular formula is C28H39N5O2. The Morgan fingerprint density at radius 3 is 2.57 bits per heavy atom. The molecule has 4 rings (SSSR count). The van der Waals surface area contributed by atoms with E-state index in [0.29, 0.717) is 6.54 Å². The van der Waals surface area contributed by atoms with Gasteiger partial charge >= 0.3 is 0 Å². The molecule has 188 valence electrons. The number of rotatable bonds is 9. The summed E-state index contributed by atoms with van der Waals surface area (Å²) in [6, 6.07) is 7.98. The molecule has 1 saturated heterocycles. The van der Waals surface area contributed by atoms with Gasteiger partial charge < -0.3 is 20.4 Å². The second kappa shape index (κ2) is 12.2. The minimum Gasteiger partial charge on any atom is -0.356 e. The largest absolute Gasteiger partial charge is 0.356 e. The Hall–Kier alpha value is -2.93. The SMILES string of the molecule is CCN1CCN(c2cc(C)c3cc(NC(=O)CCC(=O)NCCC4=CCCCC4)ccc3n2)CC1. The minimum absolute atomic E-state index is 0.0672. The molecule has 2 N–H and O–H groups in total. The van der Waals surface area contributed by atoms with Crippen molar-refractivity contribution in [3.63, 3.8) is 0 Å².